The molecule has 0 bridgehead atoms. The van der Waals surface area contributed by atoms with Crippen LogP contribution in [0.4, 0.5) is 0 Å². The fraction of sp³-hybridized carbons (Fsp3) is 0.500. The van der Waals surface area contributed by atoms with Gasteiger partial charge in [0, 0.05) is 0 Å². The first-order valence-electron chi connectivity index (χ1n) is 5.88. The van der Waals surface area contributed by atoms with Gasteiger partial charge in [0.2, 0.25) is 0 Å². The molecule has 1 aromatic rings. The van der Waals surface area contributed by atoms with Crippen molar-refractivity contribution in [3.8, 4) is 5.75 Å². The molecule has 17 heavy (non-hydrogen) atoms. The van der Waals surface area contributed by atoms with E-state index in [9.17, 15) is 4.79 Å². The van der Waals surface area contributed by atoms with Gasteiger partial charge in [-0.2, -0.15) is 0 Å². The summed E-state index contributed by atoms with van der Waals surface area (Å²) in [5.74, 6) is 0.618. The van der Waals surface area contributed by atoms with Gasteiger partial charge in [-0.15, -0.1) is 0 Å². The third-order valence-electron chi connectivity index (χ3n) is 2.27. The van der Waals surface area contributed by atoms with E-state index < -0.39 is 0 Å². The van der Waals surface area contributed by atoms with Gasteiger partial charge in [0.05, 0.1) is 19.1 Å². The molecule has 0 aliphatic carbocycles. The first kappa shape index (κ1) is 13.6. The van der Waals surface area contributed by atoms with Gasteiger partial charge in [-0.05, 0) is 44.9 Å². The quantitative estimate of drug-likeness (QED) is 0.737. The Morgan fingerprint density at radius 1 is 1.29 bits per heavy atom. The molecule has 0 fully saturated rings. The Kier molecular flexibility index (Phi) is 5.01. The average Bonchev–Trinajstić information content (AvgIpc) is 2.22. The van der Waals surface area contributed by atoms with Crippen LogP contribution < -0.4 is 4.74 Å². The van der Waals surface area contributed by atoms with Crippen molar-refractivity contribution >= 4 is 5.97 Å². The van der Waals surface area contributed by atoms with E-state index in [1.165, 1.54) is 0 Å². The Bertz CT molecular complexity index is 383. The third-order valence-corrected chi connectivity index (χ3v) is 2.27. The van der Waals surface area contributed by atoms with Crippen molar-refractivity contribution in [3.63, 3.8) is 0 Å². The van der Waals surface area contributed by atoms with E-state index in [0.717, 1.165) is 16.9 Å². The van der Waals surface area contributed by atoms with E-state index in [1.54, 1.807) is 0 Å². The van der Waals surface area contributed by atoms with Crippen molar-refractivity contribution in [2.45, 2.75) is 40.2 Å². The molecule has 0 aromatic heterocycles. The van der Waals surface area contributed by atoms with Crippen LogP contribution in [-0.2, 0) is 9.53 Å². The molecule has 0 N–H and O–H groups in total. The molecule has 0 amide bonds. The van der Waals surface area contributed by atoms with Crippen molar-refractivity contribution in [3.05, 3.63) is 29.3 Å². The summed E-state index contributed by atoms with van der Waals surface area (Å²) < 4.78 is 10.6. The Hall–Kier alpha value is -1.51. The molecule has 94 valence electrons. The van der Waals surface area contributed by atoms with Gasteiger partial charge in [-0.1, -0.05) is 12.1 Å². The SMILES string of the molecule is Cc1ccc(C)c(OCCC(=O)OC(C)C)c1. The van der Waals surface area contributed by atoms with Crippen LogP contribution in [0.25, 0.3) is 0 Å². The Balaban J connectivity index is 2.40. The highest BCUT2D eigenvalue weighted by Gasteiger charge is 2.06. The lowest BCUT2D eigenvalue weighted by atomic mass is 10.1. The van der Waals surface area contributed by atoms with Crippen molar-refractivity contribution in [1.82, 2.24) is 0 Å². The molecular weight excluding hydrogens is 216 g/mol. The zero-order valence-corrected chi connectivity index (χ0v) is 10.9. The van der Waals surface area contributed by atoms with Crippen LogP contribution >= 0.6 is 0 Å². The fourth-order valence-electron chi connectivity index (χ4n) is 1.43. The molecule has 0 spiro atoms. The summed E-state index contributed by atoms with van der Waals surface area (Å²) in [4.78, 5) is 11.3. The Labute approximate surface area is 103 Å². The van der Waals surface area contributed by atoms with Crippen LogP contribution in [0.15, 0.2) is 18.2 Å². The zero-order chi connectivity index (χ0) is 12.8. The number of benzene rings is 1. The molecule has 1 aromatic carbocycles. The molecule has 3 nitrogen and oxygen atoms in total. The lowest BCUT2D eigenvalue weighted by Crippen LogP contribution is -2.14. The highest BCUT2D eigenvalue weighted by atomic mass is 16.5. The normalized spacial score (nSPS) is 10.4. The standard InChI is InChI=1S/C14H20O3/c1-10(2)17-14(15)7-8-16-13-9-11(3)5-6-12(13)4/h5-6,9-10H,7-8H2,1-4H3. The van der Waals surface area contributed by atoms with E-state index >= 15 is 0 Å². The summed E-state index contributed by atoms with van der Waals surface area (Å²) in [6.07, 6.45) is 0.217. The van der Waals surface area contributed by atoms with Crippen LogP contribution in [-0.4, -0.2) is 18.7 Å². The summed E-state index contributed by atoms with van der Waals surface area (Å²) >= 11 is 0. The van der Waals surface area contributed by atoms with E-state index in [1.807, 2.05) is 45.9 Å². The van der Waals surface area contributed by atoms with Crippen molar-refractivity contribution in [2.24, 2.45) is 0 Å². The molecule has 0 heterocycles. The largest absolute Gasteiger partial charge is 0.493 e. The van der Waals surface area contributed by atoms with E-state index in [0.29, 0.717) is 6.61 Å². The molecule has 0 radical (unpaired) electrons. The predicted octanol–water partition coefficient (Wildman–Crippen LogP) is 3.02. The molecule has 0 aliphatic rings. The number of aryl methyl sites for hydroxylation is 2. The molecule has 1 rings (SSSR count). The van der Waals surface area contributed by atoms with Crippen LogP contribution in [0.5, 0.6) is 5.75 Å². The van der Waals surface area contributed by atoms with E-state index in [4.69, 9.17) is 9.47 Å². The summed E-state index contributed by atoms with van der Waals surface area (Å²) in [7, 11) is 0. The monoisotopic (exact) mass is 236 g/mol. The van der Waals surface area contributed by atoms with Crippen LogP contribution in [0.1, 0.15) is 31.4 Å². The number of rotatable bonds is 5. The Morgan fingerprint density at radius 3 is 2.65 bits per heavy atom. The number of hydrogen-bond donors (Lipinski definition) is 0. The van der Waals surface area contributed by atoms with Gasteiger partial charge in [0.25, 0.3) is 0 Å². The molecule has 0 unspecified atom stereocenters. The van der Waals surface area contributed by atoms with Crippen molar-refractivity contribution < 1.29 is 14.3 Å². The molecular formula is C14H20O3. The van der Waals surface area contributed by atoms with Crippen LogP contribution in [0, 0.1) is 13.8 Å². The number of carbonyl (C=O) groups excluding carboxylic acids is 1. The van der Waals surface area contributed by atoms with Gasteiger partial charge < -0.3 is 9.47 Å². The fourth-order valence-corrected chi connectivity index (χ4v) is 1.43. The van der Waals surface area contributed by atoms with Crippen molar-refractivity contribution in [2.75, 3.05) is 6.61 Å². The lowest BCUT2D eigenvalue weighted by Gasteiger charge is -2.11. The number of ether oxygens (including phenoxy) is 2. The molecule has 0 saturated heterocycles. The molecule has 0 saturated carbocycles. The first-order valence-corrected chi connectivity index (χ1v) is 5.88. The summed E-state index contributed by atoms with van der Waals surface area (Å²) in [6, 6.07) is 6.02. The van der Waals surface area contributed by atoms with E-state index in [2.05, 4.69) is 0 Å². The maximum Gasteiger partial charge on any atom is 0.309 e. The van der Waals surface area contributed by atoms with Crippen molar-refractivity contribution in [1.29, 1.82) is 0 Å². The summed E-state index contributed by atoms with van der Waals surface area (Å²) in [6.45, 7) is 8.03. The minimum atomic E-state index is -0.217. The van der Waals surface area contributed by atoms with E-state index in [-0.39, 0.29) is 18.5 Å². The zero-order valence-electron chi connectivity index (χ0n) is 10.9. The van der Waals surface area contributed by atoms with Gasteiger partial charge in [-0.3, -0.25) is 4.79 Å². The number of hydrogen-bond acceptors (Lipinski definition) is 3. The first-order chi connectivity index (χ1) is 7.99. The number of carbonyl (C=O) groups is 1. The summed E-state index contributed by atoms with van der Waals surface area (Å²) in [5, 5.41) is 0. The highest BCUT2D eigenvalue weighted by Crippen LogP contribution is 2.19. The second-order valence-electron chi connectivity index (χ2n) is 4.41. The highest BCUT2D eigenvalue weighted by molar-refractivity contribution is 5.69. The second kappa shape index (κ2) is 6.28. The van der Waals surface area contributed by atoms with Gasteiger partial charge in [-0.25, -0.2) is 0 Å². The minimum Gasteiger partial charge on any atom is -0.493 e. The second-order valence-corrected chi connectivity index (χ2v) is 4.41. The topological polar surface area (TPSA) is 35.5 Å². The maximum atomic E-state index is 11.3. The average molecular weight is 236 g/mol. The Morgan fingerprint density at radius 2 is 2.00 bits per heavy atom. The lowest BCUT2D eigenvalue weighted by molar-refractivity contribution is -0.147. The molecule has 0 aliphatic heterocycles. The molecule has 0 atom stereocenters. The van der Waals surface area contributed by atoms with Crippen LogP contribution in [0.3, 0.4) is 0 Å². The summed E-state index contributed by atoms with van der Waals surface area (Å²) in [5.41, 5.74) is 2.23. The third kappa shape index (κ3) is 4.89. The van der Waals surface area contributed by atoms with Gasteiger partial charge in [0.1, 0.15) is 5.75 Å². The van der Waals surface area contributed by atoms with Gasteiger partial charge in [0.15, 0.2) is 0 Å². The number of esters is 1. The van der Waals surface area contributed by atoms with Crippen LogP contribution in [0.2, 0.25) is 0 Å². The minimum absolute atomic E-state index is 0.0665. The van der Waals surface area contributed by atoms with Gasteiger partial charge >= 0.3 is 5.97 Å². The molecule has 3 heteroatoms. The predicted molar refractivity (Wildman–Crippen MR) is 67.3 cm³/mol. The smallest absolute Gasteiger partial charge is 0.309 e. The maximum absolute atomic E-state index is 11.3.